The van der Waals surface area contributed by atoms with Crippen LogP contribution >= 0.6 is 11.3 Å². The van der Waals surface area contributed by atoms with Crippen molar-refractivity contribution in [1.82, 2.24) is 9.88 Å². The van der Waals surface area contributed by atoms with E-state index in [9.17, 15) is 14.7 Å². The lowest BCUT2D eigenvalue weighted by atomic mass is 10.2. The fraction of sp³-hybridized carbons (Fsp3) is 0.444. The molecule has 17 heavy (non-hydrogen) atoms. The number of carbonyl (C=O) groups is 2. The van der Waals surface area contributed by atoms with Gasteiger partial charge in [-0.3, -0.25) is 4.79 Å². The number of β-amino-alcohol motifs (C(OH)–C–C–N with tert-alkyl or cyclic N) is 1. The Morgan fingerprint density at radius 2 is 2.29 bits per heavy atom. The van der Waals surface area contributed by atoms with Crippen LogP contribution in [0.1, 0.15) is 16.9 Å². The zero-order valence-electron chi connectivity index (χ0n) is 8.74. The van der Waals surface area contributed by atoms with Crippen LogP contribution in [0.3, 0.4) is 0 Å². The van der Waals surface area contributed by atoms with E-state index in [4.69, 9.17) is 10.8 Å². The molecule has 4 N–H and O–H groups in total. The van der Waals surface area contributed by atoms with Gasteiger partial charge in [-0.25, -0.2) is 9.78 Å². The van der Waals surface area contributed by atoms with Gasteiger partial charge in [-0.1, -0.05) is 0 Å². The second-order valence-corrected chi connectivity index (χ2v) is 4.66. The highest BCUT2D eigenvalue weighted by Gasteiger charge is 2.39. The largest absolute Gasteiger partial charge is 0.480 e. The lowest BCUT2D eigenvalue weighted by Gasteiger charge is -2.19. The molecule has 8 heteroatoms. The van der Waals surface area contributed by atoms with Crippen molar-refractivity contribution in [2.24, 2.45) is 0 Å². The molecule has 1 aliphatic heterocycles. The number of aliphatic hydroxyl groups is 1. The number of carboxylic acid groups (broad SMARTS) is 1. The molecule has 1 saturated heterocycles. The van der Waals surface area contributed by atoms with Crippen LogP contribution in [-0.2, 0) is 4.79 Å². The molecule has 1 aromatic rings. The summed E-state index contributed by atoms with van der Waals surface area (Å²) >= 11 is 1.11. The molecule has 1 fully saturated rings. The van der Waals surface area contributed by atoms with Crippen LogP contribution in [0.5, 0.6) is 0 Å². The number of nitrogens with zero attached hydrogens (tertiary/aromatic N) is 2. The zero-order chi connectivity index (χ0) is 12.6. The average Bonchev–Trinajstić information content (AvgIpc) is 2.83. The van der Waals surface area contributed by atoms with Gasteiger partial charge in [0, 0.05) is 18.3 Å². The first-order valence-electron chi connectivity index (χ1n) is 4.92. The Balaban J connectivity index is 2.21. The van der Waals surface area contributed by atoms with E-state index in [1.807, 2.05) is 0 Å². The molecule has 0 aromatic carbocycles. The second-order valence-electron chi connectivity index (χ2n) is 3.77. The topological polar surface area (TPSA) is 117 Å². The van der Waals surface area contributed by atoms with Crippen LogP contribution in [0.25, 0.3) is 0 Å². The van der Waals surface area contributed by atoms with E-state index in [0.717, 1.165) is 16.2 Å². The number of nitrogens with two attached hydrogens (primary N) is 1. The maximum Gasteiger partial charge on any atom is 0.326 e. The molecule has 2 unspecified atom stereocenters. The maximum atomic E-state index is 12.0. The molecule has 7 nitrogen and oxygen atoms in total. The van der Waals surface area contributed by atoms with Gasteiger partial charge in [-0.15, -0.1) is 11.3 Å². The summed E-state index contributed by atoms with van der Waals surface area (Å²) in [6, 6.07) is -1.000. The Labute approximate surface area is 100 Å². The lowest BCUT2D eigenvalue weighted by Crippen LogP contribution is -2.40. The Hall–Kier alpha value is -1.67. The number of anilines is 1. The van der Waals surface area contributed by atoms with Crippen molar-refractivity contribution in [3.8, 4) is 0 Å². The van der Waals surface area contributed by atoms with E-state index < -0.39 is 24.0 Å². The van der Waals surface area contributed by atoms with E-state index >= 15 is 0 Å². The summed E-state index contributed by atoms with van der Waals surface area (Å²) < 4.78 is 0. The molecule has 2 rings (SSSR count). The molecule has 2 heterocycles. The van der Waals surface area contributed by atoms with Gasteiger partial charge in [0.1, 0.15) is 11.7 Å². The number of hydrogen-bond donors (Lipinski definition) is 3. The first kappa shape index (κ1) is 11.8. The van der Waals surface area contributed by atoms with E-state index in [-0.39, 0.29) is 23.8 Å². The SMILES string of the molecule is Nc1nc(C(=O)N2CC(O)CC2C(=O)O)cs1. The molecule has 1 amide bonds. The van der Waals surface area contributed by atoms with Crippen LogP contribution in [0, 0.1) is 0 Å². The Kier molecular flexibility index (Phi) is 2.99. The summed E-state index contributed by atoms with van der Waals surface area (Å²) in [5.41, 5.74) is 5.53. The fourth-order valence-electron chi connectivity index (χ4n) is 1.81. The maximum absolute atomic E-state index is 12.0. The van der Waals surface area contributed by atoms with E-state index in [1.54, 1.807) is 0 Å². The number of aliphatic carboxylic acids is 1. The van der Waals surface area contributed by atoms with Crippen LogP contribution in [-0.4, -0.2) is 50.7 Å². The molecule has 1 aliphatic rings. The zero-order valence-corrected chi connectivity index (χ0v) is 9.55. The minimum atomic E-state index is -1.13. The van der Waals surface area contributed by atoms with Crippen molar-refractivity contribution in [3.05, 3.63) is 11.1 Å². The summed E-state index contributed by atoms with van der Waals surface area (Å²) in [6.07, 6.45) is -0.767. The van der Waals surface area contributed by atoms with Crippen molar-refractivity contribution < 1.29 is 19.8 Å². The van der Waals surface area contributed by atoms with Gasteiger partial charge in [0.2, 0.25) is 0 Å². The summed E-state index contributed by atoms with van der Waals surface area (Å²) in [7, 11) is 0. The molecule has 0 radical (unpaired) electrons. The molecular formula is C9H11N3O4S. The minimum Gasteiger partial charge on any atom is -0.480 e. The van der Waals surface area contributed by atoms with E-state index in [2.05, 4.69) is 4.98 Å². The molecule has 0 spiro atoms. The van der Waals surface area contributed by atoms with Crippen LogP contribution in [0.2, 0.25) is 0 Å². The average molecular weight is 257 g/mol. The Morgan fingerprint density at radius 1 is 1.59 bits per heavy atom. The number of aromatic nitrogens is 1. The van der Waals surface area contributed by atoms with Gasteiger partial charge in [0.15, 0.2) is 5.13 Å². The second kappa shape index (κ2) is 4.30. The predicted molar refractivity (Wildman–Crippen MR) is 59.6 cm³/mol. The first-order chi connectivity index (χ1) is 7.99. The van der Waals surface area contributed by atoms with Crippen molar-refractivity contribution >= 4 is 28.3 Å². The van der Waals surface area contributed by atoms with Crippen molar-refractivity contribution in [2.75, 3.05) is 12.3 Å². The number of thiazole rings is 1. The standard InChI is InChI=1S/C9H11N3O4S/c10-9-11-5(3-17-9)7(14)12-2-4(13)1-6(12)8(15)16/h3-4,6,13H,1-2H2,(H2,10,11)(H,15,16). The van der Waals surface area contributed by atoms with Crippen LogP contribution < -0.4 is 5.73 Å². The fourth-order valence-corrected chi connectivity index (χ4v) is 2.34. The summed E-state index contributed by atoms with van der Waals surface area (Å²) in [5.74, 6) is -1.64. The molecule has 0 saturated carbocycles. The summed E-state index contributed by atoms with van der Waals surface area (Å²) in [6.45, 7) is 0.00717. The number of rotatable bonds is 2. The lowest BCUT2D eigenvalue weighted by molar-refractivity contribution is -0.141. The van der Waals surface area contributed by atoms with Crippen molar-refractivity contribution in [3.63, 3.8) is 0 Å². The molecular weight excluding hydrogens is 246 g/mol. The highest BCUT2D eigenvalue weighted by molar-refractivity contribution is 7.13. The van der Waals surface area contributed by atoms with Gasteiger partial charge >= 0.3 is 5.97 Å². The van der Waals surface area contributed by atoms with Gasteiger partial charge in [-0.2, -0.15) is 0 Å². The van der Waals surface area contributed by atoms with E-state index in [0.29, 0.717) is 0 Å². The molecule has 92 valence electrons. The predicted octanol–water partition coefficient (Wildman–Crippen LogP) is -0.615. The van der Waals surface area contributed by atoms with Gasteiger partial charge < -0.3 is 20.8 Å². The van der Waals surface area contributed by atoms with Gasteiger partial charge in [0.25, 0.3) is 5.91 Å². The van der Waals surface area contributed by atoms with E-state index in [1.165, 1.54) is 5.38 Å². The number of amides is 1. The smallest absolute Gasteiger partial charge is 0.326 e. The molecule has 0 aliphatic carbocycles. The summed E-state index contributed by atoms with van der Waals surface area (Å²) in [5, 5.41) is 20.1. The number of nitrogen functional groups attached to an aromatic ring is 1. The number of likely N-dealkylation sites (tertiary alicyclic amines) is 1. The summed E-state index contributed by atoms with van der Waals surface area (Å²) in [4.78, 5) is 27.8. The third kappa shape index (κ3) is 2.22. The number of hydrogen-bond acceptors (Lipinski definition) is 6. The normalized spacial score (nSPS) is 23.9. The Bertz CT molecular complexity index is 461. The van der Waals surface area contributed by atoms with Gasteiger partial charge in [0.05, 0.1) is 6.10 Å². The highest BCUT2D eigenvalue weighted by Crippen LogP contribution is 2.22. The molecule has 2 atom stereocenters. The van der Waals surface area contributed by atoms with Crippen LogP contribution in [0.4, 0.5) is 5.13 Å². The van der Waals surface area contributed by atoms with Gasteiger partial charge in [-0.05, 0) is 0 Å². The first-order valence-corrected chi connectivity index (χ1v) is 5.80. The molecule has 0 bridgehead atoms. The minimum absolute atomic E-state index is 0.00717. The van der Waals surface area contributed by atoms with Crippen molar-refractivity contribution in [1.29, 1.82) is 0 Å². The Morgan fingerprint density at radius 3 is 2.82 bits per heavy atom. The van der Waals surface area contributed by atoms with Crippen molar-refractivity contribution in [2.45, 2.75) is 18.6 Å². The number of aliphatic hydroxyl groups excluding tert-OH is 1. The number of carbonyl (C=O) groups excluding carboxylic acids is 1. The third-order valence-electron chi connectivity index (χ3n) is 2.57. The number of carboxylic acids is 1. The third-order valence-corrected chi connectivity index (χ3v) is 3.24. The highest BCUT2D eigenvalue weighted by atomic mass is 32.1. The van der Waals surface area contributed by atoms with Crippen LogP contribution in [0.15, 0.2) is 5.38 Å². The quantitative estimate of drug-likeness (QED) is 0.650. The monoisotopic (exact) mass is 257 g/mol. The molecule has 1 aromatic heterocycles.